The molecule has 0 bridgehead atoms. The molecule has 0 aromatic heterocycles. The molecule has 1 N–H and O–H groups in total. The van der Waals surface area contributed by atoms with Crippen LogP contribution in [0.3, 0.4) is 0 Å². The van der Waals surface area contributed by atoms with Crippen LogP contribution < -0.4 is 0 Å². The molecule has 0 aliphatic rings. The molecule has 98 valence electrons. The van der Waals surface area contributed by atoms with Gasteiger partial charge in [-0.1, -0.05) is 59.3 Å². The van der Waals surface area contributed by atoms with Crippen LogP contribution in [0.5, 0.6) is 0 Å². The second-order valence-corrected chi connectivity index (χ2v) is 6.08. The number of hydrogen-bond donors (Lipinski definition) is 1. The van der Waals surface area contributed by atoms with Crippen LogP contribution in [0.25, 0.3) is 0 Å². The van der Waals surface area contributed by atoms with Crippen molar-refractivity contribution in [1.82, 2.24) is 0 Å². The molecule has 0 radical (unpaired) electrons. The van der Waals surface area contributed by atoms with Crippen LogP contribution >= 0.6 is 9.24 Å². The van der Waals surface area contributed by atoms with Crippen molar-refractivity contribution < 1.29 is 5.11 Å². The minimum atomic E-state index is -0.514. The normalized spacial score (nSPS) is 15.4. The van der Waals surface area contributed by atoms with Crippen LogP contribution in [0.2, 0.25) is 0 Å². The Labute approximate surface area is 105 Å². The van der Waals surface area contributed by atoms with Crippen LogP contribution in [0, 0.1) is 5.92 Å². The first-order valence-corrected chi connectivity index (χ1v) is 7.67. The lowest BCUT2D eigenvalue weighted by Crippen LogP contribution is -2.31. The first-order chi connectivity index (χ1) is 7.58. The summed E-state index contributed by atoms with van der Waals surface area (Å²) in [6.07, 6.45) is 10.6. The van der Waals surface area contributed by atoms with E-state index in [1.807, 2.05) is 0 Å². The minimum absolute atomic E-state index is 0.476. The number of rotatable bonds is 10. The average molecular weight is 246 g/mol. The van der Waals surface area contributed by atoms with E-state index in [1.165, 1.54) is 44.9 Å². The lowest BCUT2D eigenvalue weighted by Gasteiger charge is -2.33. The minimum Gasteiger partial charge on any atom is -0.386 e. The fraction of sp³-hybridized carbons (Fsp3) is 1.00. The van der Waals surface area contributed by atoms with Crippen molar-refractivity contribution in [2.45, 2.75) is 83.9 Å². The van der Waals surface area contributed by atoms with Gasteiger partial charge in [-0.25, -0.2) is 0 Å². The molecular weight excluding hydrogens is 215 g/mol. The van der Waals surface area contributed by atoms with Crippen molar-refractivity contribution in [3.05, 3.63) is 0 Å². The summed E-state index contributed by atoms with van der Waals surface area (Å²) in [6, 6.07) is 0. The van der Waals surface area contributed by atoms with Crippen molar-refractivity contribution in [1.29, 1.82) is 0 Å². The molecule has 0 aliphatic heterocycles. The number of aliphatic hydroxyl groups is 1. The van der Waals surface area contributed by atoms with Crippen molar-refractivity contribution in [2.24, 2.45) is 5.92 Å². The lowest BCUT2D eigenvalue weighted by molar-refractivity contribution is 0.0486. The second kappa shape index (κ2) is 9.42. The molecule has 0 heterocycles. The fourth-order valence-corrected chi connectivity index (χ4v) is 2.75. The van der Waals surface area contributed by atoms with Crippen LogP contribution in [0.4, 0.5) is 0 Å². The first kappa shape index (κ1) is 16.4. The SMILES string of the molecule is CCCCC(CCCC)C(O)(P)CCCC. The molecule has 1 nitrogen and oxygen atoms in total. The fourth-order valence-electron chi connectivity index (χ4n) is 2.21. The van der Waals surface area contributed by atoms with Crippen LogP contribution in [0.15, 0.2) is 0 Å². The second-order valence-electron chi connectivity index (χ2n) is 5.08. The van der Waals surface area contributed by atoms with Gasteiger partial charge in [0.1, 0.15) is 0 Å². The first-order valence-electron chi connectivity index (χ1n) is 7.09. The highest BCUT2D eigenvalue weighted by Crippen LogP contribution is 2.37. The van der Waals surface area contributed by atoms with E-state index in [4.69, 9.17) is 0 Å². The largest absolute Gasteiger partial charge is 0.386 e. The Morgan fingerprint density at radius 3 is 1.75 bits per heavy atom. The van der Waals surface area contributed by atoms with Gasteiger partial charge in [-0.3, -0.25) is 0 Å². The van der Waals surface area contributed by atoms with E-state index in [2.05, 4.69) is 30.0 Å². The summed E-state index contributed by atoms with van der Waals surface area (Å²) in [5.74, 6) is 0.476. The van der Waals surface area contributed by atoms with Crippen molar-refractivity contribution in [3.8, 4) is 0 Å². The average Bonchev–Trinajstić information content (AvgIpc) is 2.26. The lowest BCUT2D eigenvalue weighted by atomic mass is 9.87. The Kier molecular flexibility index (Phi) is 9.65. The van der Waals surface area contributed by atoms with Crippen LogP contribution in [-0.2, 0) is 0 Å². The maximum absolute atomic E-state index is 10.5. The van der Waals surface area contributed by atoms with Gasteiger partial charge in [0.2, 0.25) is 0 Å². The predicted molar refractivity (Wildman–Crippen MR) is 76.7 cm³/mol. The Hall–Kier alpha value is 0.390. The maximum atomic E-state index is 10.5. The molecule has 0 aromatic rings. The van der Waals surface area contributed by atoms with E-state index >= 15 is 0 Å². The van der Waals surface area contributed by atoms with Crippen molar-refractivity contribution in [2.75, 3.05) is 0 Å². The van der Waals surface area contributed by atoms with Crippen molar-refractivity contribution in [3.63, 3.8) is 0 Å². The topological polar surface area (TPSA) is 20.2 Å². The van der Waals surface area contributed by atoms with E-state index < -0.39 is 5.34 Å². The Morgan fingerprint density at radius 2 is 1.38 bits per heavy atom. The molecule has 0 spiro atoms. The molecule has 16 heavy (non-hydrogen) atoms. The molecule has 0 saturated carbocycles. The van der Waals surface area contributed by atoms with Crippen molar-refractivity contribution >= 4 is 9.24 Å². The zero-order valence-corrected chi connectivity index (χ0v) is 12.6. The van der Waals surface area contributed by atoms with E-state index in [0.717, 1.165) is 12.8 Å². The van der Waals surface area contributed by atoms with Crippen LogP contribution in [0.1, 0.15) is 78.6 Å². The van der Waals surface area contributed by atoms with Crippen LogP contribution in [-0.4, -0.2) is 10.4 Å². The summed E-state index contributed by atoms with van der Waals surface area (Å²) in [4.78, 5) is 0. The molecule has 0 amide bonds. The smallest absolute Gasteiger partial charge is 0.0806 e. The summed E-state index contributed by atoms with van der Waals surface area (Å²) in [5.41, 5.74) is 0. The van der Waals surface area contributed by atoms with Gasteiger partial charge >= 0.3 is 0 Å². The van der Waals surface area contributed by atoms with E-state index in [0.29, 0.717) is 5.92 Å². The monoisotopic (exact) mass is 246 g/mol. The summed E-state index contributed by atoms with van der Waals surface area (Å²) in [6.45, 7) is 6.64. The Balaban J connectivity index is 4.20. The molecule has 2 unspecified atom stereocenters. The summed E-state index contributed by atoms with van der Waals surface area (Å²) >= 11 is 0. The van der Waals surface area contributed by atoms with Gasteiger partial charge in [0.15, 0.2) is 0 Å². The van der Waals surface area contributed by atoms with Gasteiger partial charge in [0, 0.05) is 0 Å². The molecule has 2 heteroatoms. The number of hydrogen-bond acceptors (Lipinski definition) is 1. The van der Waals surface area contributed by atoms with Gasteiger partial charge in [0.25, 0.3) is 0 Å². The van der Waals surface area contributed by atoms with E-state index in [9.17, 15) is 5.11 Å². The molecule has 0 aliphatic carbocycles. The third kappa shape index (κ3) is 6.86. The molecular formula is C14H31OP. The third-order valence-electron chi connectivity index (χ3n) is 3.45. The Bertz CT molecular complexity index is 149. The zero-order valence-electron chi connectivity index (χ0n) is 11.5. The highest BCUT2D eigenvalue weighted by atomic mass is 31.0. The summed E-state index contributed by atoms with van der Waals surface area (Å²) in [7, 11) is 2.73. The van der Waals surface area contributed by atoms with Gasteiger partial charge in [0.05, 0.1) is 5.34 Å². The van der Waals surface area contributed by atoms with E-state index in [1.54, 1.807) is 0 Å². The highest BCUT2D eigenvalue weighted by Gasteiger charge is 2.30. The zero-order chi connectivity index (χ0) is 12.4. The molecule has 0 saturated heterocycles. The molecule has 0 fully saturated rings. The molecule has 2 atom stereocenters. The summed E-state index contributed by atoms with van der Waals surface area (Å²) < 4.78 is 0. The third-order valence-corrected chi connectivity index (χ3v) is 4.21. The maximum Gasteiger partial charge on any atom is 0.0806 e. The summed E-state index contributed by atoms with van der Waals surface area (Å²) in [5, 5.41) is 10.0. The van der Waals surface area contributed by atoms with Gasteiger partial charge in [-0.2, -0.15) is 0 Å². The predicted octanol–water partition coefficient (Wildman–Crippen LogP) is 4.74. The van der Waals surface area contributed by atoms with E-state index in [-0.39, 0.29) is 0 Å². The standard InChI is InChI=1S/C14H31OP/c1-4-7-10-13(11-8-5-2)14(15,16)12-9-6-3/h13,15H,4-12,16H2,1-3H3. The quantitative estimate of drug-likeness (QED) is 0.552. The Morgan fingerprint density at radius 1 is 0.938 bits per heavy atom. The van der Waals surface area contributed by atoms with Gasteiger partial charge < -0.3 is 5.11 Å². The molecule has 0 rings (SSSR count). The number of unbranched alkanes of at least 4 members (excludes halogenated alkanes) is 3. The van der Waals surface area contributed by atoms with Gasteiger partial charge in [-0.05, 0) is 25.2 Å². The molecule has 0 aromatic carbocycles. The highest BCUT2D eigenvalue weighted by molar-refractivity contribution is 7.18. The van der Waals surface area contributed by atoms with Gasteiger partial charge in [-0.15, -0.1) is 9.24 Å².